The maximum Gasteiger partial charge on any atom is 0.244 e. The van der Waals surface area contributed by atoms with E-state index in [0.29, 0.717) is 19.4 Å². The number of nitrogens with zero attached hydrogens (tertiary/aromatic N) is 1. The summed E-state index contributed by atoms with van der Waals surface area (Å²) in [7, 11) is 1.65. The summed E-state index contributed by atoms with van der Waals surface area (Å²) >= 11 is 0. The molecule has 0 heterocycles. The van der Waals surface area contributed by atoms with E-state index in [9.17, 15) is 4.79 Å². The van der Waals surface area contributed by atoms with E-state index in [1.165, 1.54) is 0 Å². The lowest BCUT2D eigenvalue weighted by Gasteiger charge is -2.12. The van der Waals surface area contributed by atoms with Gasteiger partial charge in [-0.3, -0.25) is 4.79 Å². The zero-order valence-electron chi connectivity index (χ0n) is 10.4. The minimum Gasteiger partial charge on any atom is -0.384 e. The van der Waals surface area contributed by atoms with Crippen molar-refractivity contribution in [2.24, 2.45) is 5.41 Å². The lowest BCUT2D eigenvalue weighted by Crippen LogP contribution is -2.23. The number of ether oxygens (including phenoxy) is 1. The quantitative estimate of drug-likeness (QED) is 0.863. The molecule has 0 spiro atoms. The van der Waals surface area contributed by atoms with Gasteiger partial charge in [-0.05, 0) is 30.9 Å². The number of amides is 1. The highest BCUT2D eigenvalue weighted by Gasteiger charge is 2.50. The molecule has 1 saturated carbocycles. The van der Waals surface area contributed by atoms with Crippen LogP contribution in [0, 0.1) is 16.7 Å². The normalized spacial score (nSPS) is 15.8. The van der Waals surface area contributed by atoms with E-state index in [-0.39, 0.29) is 5.91 Å². The van der Waals surface area contributed by atoms with Gasteiger partial charge < -0.3 is 10.1 Å². The van der Waals surface area contributed by atoms with E-state index in [1.807, 2.05) is 24.3 Å². The van der Waals surface area contributed by atoms with Crippen molar-refractivity contribution < 1.29 is 9.53 Å². The topological polar surface area (TPSA) is 62.1 Å². The second-order valence-corrected chi connectivity index (χ2v) is 4.55. The molecule has 0 bridgehead atoms. The van der Waals surface area contributed by atoms with Crippen LogP contribution in [0.2, 0.25) is 0 Å². The third kappa shape index (κ3) is 2.52. The number of carbonyl (C=O) groups excluding carboxylic acids is 1. The predicted molar refractivity (Wildman–Crippen MR) is 67.9 cm³/mol. The molecule has 18 heavy (non-hydrogen) atoms. The highest BCUT2D eigenvalue weighted by atomic mass is 16.5. The number of nitrogens with one attached hydrogen (secondary N) is 1. The van der Waals surface area contributed by atoms with Gasteiger partial charge in [-0.2, -0.15) is 5.26 Å². The summed E-state index contributed by atoms with van der Waals surface area (Å²) in [5.41, 5.74) is 1.02. The molecule has 0 aliphatic heterocycles. The Hall–Kier alpha value is -1.86. The van der Waals surface area contributed by atoms with Gasteiger partial charge >= 0.3 is 0 Å². The van der Waals surface area contributed by atoms with Gasteiger partial charge in [-0.15, -0.1) is 0 Å². The van der Waals surface area contributed by atoms with Crippen molar-refractivity contribution in [3.63, 3.8) is 0 Å². The Labute approximate surface area is 107 Å². The molecule has 1 aliphatic rings. The van der Waals surface area contributed by atoms with Crippen LogP contribution < -0.4 is 5.32 Å². The Morgan fingerprint density at radius 2 is 2.22 bits per heavy atom. The average molecular weight is 244 g/mol. The number of hydrogen-bond donors (Lipinski definition) is 1. The minimum atomic E-state index is -0.783. The SMILES string of the molecule is COCCc1ccccc1NC(=O)C1(C#N)CC1. The van der Waals surface area contributed by atoms with Gasteiger partial charge in [-0.25, -0.2) is 0 Å². The van der Waals surface area contributed by atoms with Crippen molar-refractivity contribution in [2.45, 2.75) is 19.3 Å². The Bertz CT molecular complexity index is 487. The summed E-state index contributed by atoms with van der Waals surface area (Å²) in [6.07, 6.45) is 2.07. The summed E-state index contributed by atoms with van der Waals surface area (Å²) in [5.74, 6) is -0.185. The molecule has 1 fully saturated rings. The second-order valence-electron chi connectivity index (χ2n) is 4.55. The van der Waals surface area contributed by atoms with E-state index in [2.05, 4.69) is 11.4 Å². The first-order valence-electron chi connectivity index (χ1n) is 6.01. The Kier molecular flexibility index (Phi) is 3.63. The second kappa shape index (κ2) is 5.19. The van der Waals surface area contributed by atoms with Crippen LogP contribution in [0.3, 0.4) is 0 Å². The molecule has 0 aromatic heterocycles. The molecule has 0 saturated heterocycles. The maximum absolute atomic E-state index is 12.0. The van der Waals surface area contributed by atoms with Crippen molar-refractivity contribution in [1.82, 2.24) is 0 Å². The lowest BCUT2D eigenvalue weighted by molar-refractivity contribution is -0.119. The van der Waals surface area contributed by atoms with Crippen LogP contribution in [-0.4, -0.2) is 19.6 Å². The van der Waals surface area contributed by atoms with Gasteiger partial charge in [0.15, 0.2) is 0 Å². The maximum atomic E-state index is 12.0. The third-order valence-electron chi connectivity index (χ3n) is 3.24. The number of benzene rings is 1. The Balaban J connectivity index is 2.09. The molecule has 2 rings (SSSR count). The number of nitriles is 1. The summed E-state index contributed by atoms with van der Waals surface area (Å²) in [6, 6.07) is 9.72. The van der Waals surface area contributed by atoms with Crippen LogP contribution in [0.5, 0.6) is 0 Å². The number of para-hydroxylation sites is 1. The molecule has 4 nitrogen and oxygen atoms in total. The number of anilines is 1. The molecule has 0 atom stereocenters. The molecule has 4 heteroatoms. The number of hydrogen-bond acceptors (Lipinski definition) is 3. The van der Waals surface area contributed by atoms with E-state index in [1.54, 1.807) is 7.11 Å². The highest BCUT2D eigenvalue weighted by molar-refractivity contribution is 5.99. The van der Waals surface area contributed by atoms with Crippen LogP contribution in [0.15, 0.2) is 24.3 Å². The zero-order chi connectivity index (χ0) is 13.0. The monoisotopic (exact) mass is 244 g/mol. The first-order valence-corrected chi connectivity index (χ1v) is 6.01. The van der Waals surface area contributed by atoms with E-state index in [0.717, 1.165) is 17.7 Å². The van der Waals surface area contributed by atoms with Gasteiger partial charge in [0, 0.05) is 12.8 Å². The number of rotatable bonds is 5. The van der Waals surface area contributed by atoms with Crippen molar-refractivity contribution in [1.29, 1.82) is 5.26 Å². The summed E-state index contributed by atoms with van der Waals surface area (Å²) in [4.78, 5) is 12.0. The van der Waals surface area contributed by atoms with Gasteiger partial charge in [0.1, 0.15) is 5.41 Å². The van der Waals surface area contributed by atoms with E-state index >= 15 is 0 Å². The van der Waals surface area contributed by atoms with Crippen LogP contribution in [0.1, 0.15) is 18.4 Å². The van der Waals surface area contributed by atoms with E-state index in [4.69, 9.17) is 10.00 Å². The molecule has 0 unspecified atom stereocenters. The standard InChI is InChI=1S/C14H16N2O2/c1-18-9-6-11-4-2-3-5-12(11)16-13(17)14(10-15)7-8-14/h2-5H,6-9H2,1H3,(H,16,17). The summed E-state index contributed by atoms with van der Waals surface area (Å²) in [5, 5.41) is 11.8. The predicted octanol–water partition coefficient (Wildman–Crippen LogP) is 2.12. The first kappa shape index (κ1) is 12.6. The molecular weight excluding hydrogens is 228 g/mol. The molecule has 1 aromatic rings. The molecule has 1 aromatic carbocycles. The lowest BCUT2D eigenvalue weighted by atomic mass is 10.1. The molecule has 0 radical (unpaired) electrons. The van der Waals surface area contributed by atoms with Gasteiger partial charge in [0.25, 0.3) is 0 Å². The third-order valence-corrected chi connectivity index (χ3v) is 3.24. The summed E-state index contributed by atoms with van der Waals surface area (Å²) < 4.78 is 5.04. The largest absolute Gasteiger partial charge is 0.384 e. The summed E-state index contributed by atoms with van der Waals surface area (Å²) in [6.45, 7) is 0.607. The highest BCUT2D eigenvalue weighted by Crippen LogP contribution is 2.45. The molecule has 1 aliphatic carbocycles. The van der Waals surface area contributed by atoms with Crippen LogP contribution in [0.25, 0.3) is 0 Å². The average Bonchev–Trinajstić information content (AvgIpc) is 3.19. The molecular formula is C14H16N2O2. The fourth-order valence-corrected chi connectivity index (χ4v) is 1.83. The smallest absolute Gasteiger partial charge is 0.244 e. The molecule has 1 N–H and O–H groups in total. The van der Waals surface area contributed by atoms with Crippen molar-refractivity contribution in [2.75, 3.05) is 19.0 Å². The molecule has 1 amide bonds. The van der Waals surface area contributed by atoms with Crippen LogP contribution >= 0.6 is 0 Å². The van der Waals surface area contributed by atoms with Gasteiger partial charge in [0.2, 0.25) is 5.91 Å². The zero-order valence-corrected chi connectivity index (χ0v) is 10.4. The number of methoxy groups -OCH3 is 1. The minimum absolute atomic E-state index is 0.185. The molecule has 94 valence electrons. The van der Waals surface area contributed by atoms with Crippen LogP contribution in [0.4, 0.5) is 5.69 Å². The van der Waals surface area contributed by atoms with Crippen molar-refractivity contribution in [3.05, 3.63) is 29.8 Å². The fourth-order valence-electron chi connectivity index (χ4n) is 1.83. The Morgan fingerprint density at radius 3 is 2.83 bits per heavy atom. The number of carbonyl (C=O) groups is 1. The van der Waals surface area contributed by atoms with Gasteiger partial charge in [-0.1, -0.05) is 18.2 Å². The van der Waals surface area contributed by atoms with E-state index < -0.39 is 5.41 Å². The van der Waals surface area contributed by atoms with Crippen LogP contribution in [-0.2, 0) is 16.0 Å². The van der Waals surface area contributed by atoms with Crippen molar-refractivity contribution >= 4 is 11.6 Å². The Morgan fingerprint density at radius 1 is 1.50 bits per heavy atom. The van der Waals surface area contributed by atoms with Gasteiger partial charge in [0.05, 0.1) is 12.7 Å². The van der Waals surface area contributed by atoms with Crippen molar-refractivity contribution in [3.8, 4) is 6.07 Å². The first-order chi connectivity index (χ1) is 8.72. The fraction of sp³-hybridized carbons (Fsp3) is 0.429.